The van der Waals surface area contributed by atoms with Crippen molar-refractivity contribution in [2.24, 2.45) is 0 Å². The molecule has 16 heavy (non-hydrogen) atoms. The molecule has 2 atom stereocenters. The number of rotatable bonds is 2. The molecule has 3 nitrogen and oxygen atoms in total. The second-order valence-corrected chi connectivity index (χ2v) is 4.15. The van der Waals surface area contributed by atoms with Gasteiger partial charge in [-0.15, -0.1) is 0 Å². The van der Waals surface area contributed by atoms with Gasteiger partial charge >= 0.3 is 0 Å². The Kier molecular flexibility index (Phi) is 2.74. The molecule has 84 valence electrons. The van der Waals surface area contributed by atoms with Crippen LogP contribution in [0.15, 0.2) is 12.1 Å². The average molecular weight is 217 g/mol. The smallest absolute Gasteiger partial charge is 0.161 e. The zero-order valence-corrected chi connectivity index (χ0v) is 9.78. The Morgan fingerprint density at radius 3 is 2.25 bits per heavy atom. The van der Waals surface area contributed by atoms with E-state index in [4.69, 9.17) is 14.7 Å². The van der Waals surface area contributed by atoms with E-state index in [0.717, 1.165) is 17.7 Å². The minimum absolute atomic E-state index is 0.00944. The highest BCUT2D eigenvalue weighted by molar-refractivity contribution is 5.53. The zero-order valence-electron chi connectivity index (χ0n) is 9.78. The lowest BCUT2D eigenvalue weighted by Crippen LogP contribution is -1.95. The summed E-state index contributed by atoms with van der Waals surface area (Å²) in [4.78, 5) is 0. The summed E-state index contributed by atoms with van der Waals surface area (Å²) in [6.45, 7) is 2.14. The summed E-state index contributed by atoms with van der Waals surface area (Å²) in [5.74, 6) is 1.85. The third-order valence-corrected chi connectivity index (χ3v) is 3.24. The summed E-state index contributed by atoms with van der Waals surface area (Å²) >= 11 is 0. The summed E-state index contributed by atoms with van der Waals surface area (Å²) in [5, 5.41) is 9.10. The van der Waals surface area contributed by atoms with Gasteiger partial charge in [-0.3, -0.25) is 0 Å². The first-order valence-corrected chi connectivity index (χ1v) is 5.36. The minimum atomic E-state index is -0.00944. The molecule has 2 rings (SSSR count). The van der Waals surface area contributed by atoms with Gasteiger partial charge in [0.2, 0.25) is 0 Å². The van der Waals surface area contributed by atoms with Crippen molar-refractivity contribution in [3.05, 3.63) is 23.3 Å². The topological polar surface area (TPSA) is 42.2 Å². The van der Waals surface area contributed by atoms with Gasteiger partial charge in [-0.25, -0.2) is 0 Å². The van der Waals surface area contributed by atoms with Crippen LogP contribution in [-0.2, 0) is 0 Å². The van der Waals surface area contributed by atoms with Crippen molar-refractivity contribution in [2.75, 3.05) is 14.2 Å². The fourth-order valence-electron chi connectivity index (χ4n) is 2.37. The van der Waals surface area contributed by atoms with E-state index in [1.807, 2.05) is 12.1 Å². The quantitative estimate of drug-likeness (QED) is 0.765. The van der Waals surface area contributed by atoms with Crippen LogP contribution in [-0.4, -0.2) is 14.2 Å². The van der Waals surface area contributed by atoms with E-state index >= 15 is 0 Å². The van der Waals surface area contributed by atoms with Crippen molar-refractivity contribution in [3.8, 4) is 17.6 Å². The van der Waals surface area contributed by atoms with Crippen LogP contribution in [0.1, 0.15) is 36.3 Å². The molecule has 0 radical (unpaired) electrons. The van der Waals surface area contributed by atoms with Crippen LogP contribution in [0, 0.1) is 11.3 Å². The van der Waals surface area contributed by atoms with E-state index in [1.165, 1.54) is 5.56 Å². The van der Waals surface area contributed by atoms with E-state index in [1.54, 1.807) is 14.2 Å². The van der Waals surface area contributed by atoms with Crippen LogP contribution in [0.4, 0.5) is 0 Å². The van der Waals surface area contributed by atoms with Gasteiger partial charge in [-0.1, -0.05) is 6.92 Å². The number of hydrogen-bond donors (Lipinski definition) is 0. The molecular weight excluding hydrogens is 202 g/mol. The predicted molar refractivity (Wildman–Crippen MR) is 60.9 cm³/mol. The predicted octanol–water partition coefficient (Wildman–Crippen LogP) is 2.82. The normalized spacial score (nSPS) is 22.4. The fraction of sp³-hybridized carbons (Fsp3) is 0.462. The molecule has 0 fully saturated rings. The monoisotopic (exact) mass is 217 g/mol. The van der Waals surface area contributed by atoms with Crippen LogP contribution in [0.2, 0.25) is 0 Å². The number of benzene rings is 1. The largest absolute Gasteiger partial charge is 0.493 e. The van der Waals surface area contributed by atoms with Crippen molar-refractivity contribution >= 4 is 0 Å². The third-order valence-electron chi connectivity index (χ3n) is 3.24. The molecule has 0 N–H and O–H groups in total. The molecule has 2 unspecified atom stereocenters. The second-order valence-electron chi connectivity index (χ2n) is 4.15. The average Bonchev–Trinajstić information content (AvgIpc) is 2.63. The highest BCUT2D eigenvalue weighted by Gasteiger charge is 2.29. The zero-order chi connectivity index (χ0) is 11.7. The lowest BCUT2D eigenvalue weighted by Gasteiger charge is -2.12. The van der Waals surface area contributed by atoms with Crippen molar-refractivity contribution in [3.63, 3.8) is 0 Å². The highest BCUT2D eigenvalue weighted by Crippen LogP contribution is 2.45. The van der Waals surface area contributed by atoms with Gasteiger partial charge in [0.05, 0.1) is 26.2 Å². The molecule has 1 aromatic carbocycles. The molecule has 0 spiro atoms. The number of nitriles is 1. The molecular formula is C13H15NO2. The van der Waals surface area contributed by atoms with Crippen LogP contribution in [0.3, 0.4) is 0 Å². The van der Waals surface area contributed by atoms with Crippen LogP contribution < -0.4 is 9.47 Å². The van der Waals surface area contributed by atoms with Gasteiger partial charge in [0.15, 0.2) is 11.5 Å². The molecule has 0 saturated carbocycles. The second kappa shape index (κ2) is 4.05. The molecule has 0 amide bonds. The highest BCUT2D eigenvalue weighted by atomic mass is 16.5. The summed E-state index contributed by atoms with van der Waals surface area (Å²) < 4.78 is 10.5. The van der Waals surface area contributed by atoms with Gasteiger partial charge in [0.1, 0.15) is 0 Å². The Labute approximate surface area is 95.6 Å². The first-order chi connectivity index (χ1) is 7.71. The maximum absolute atomic E-state index is 9.10. The number of nitrogens with zero attached hydrogens (tertiary/aromatic N) is 1. The Morgan fingerprint density at radius 2 is 1.75 bits per heavy atom. The fourth-order valence-corrected chi connectivity index (χ4v) is 2.37. The molecule has 1 aliphatic rings. The van der Waals surface area contributed by atoms with E-state index in [9.17, 15) is 0 Å². The summed E-state index contributed by atoms with van der Waals surface area (Å²) in [6.07, 6.45) is 0.891. The molecule has 0 bridgehead atoms. The van der Waals surface area contributed by atoms with Gasteiger partial charge in [-0.2, -0.15) is 5.26 Å². The van der Waals surface area contributed by atoms with E-state index in [2.05, 4.69) is 13.0 Å². The maximum atomic E-state index is 9.10. The van der Waals surface area contributed by atoms with E-state index in [-0.39, 0.29) is 5.92 Å². The summed E-state index contributed by atoms with van der Waals surface area (Å²) in [5.41, 5.74) is 2.30. The van der Waals surface area contributed by atoms with E-state index < -0.39 is 0 Å². The van der Waals surface area contributed by atoms with Crippen molar-refractivity contribution in [2.45, 2.75) is 25.2 Å². The van der Waals surface area contributed by atoms with Gasteiger partial charge in [0.25, 0.3) is 0 Å². The SMILES string of the molecule is COc1cc2c(cc1OC)C(C#N)CC2C. The van der Waals surface area contributed by atoms with Crippen LogP contribution in [0.5, 0.6) is 11.5 Å². The third kappa shape index (κ3) is 1.51. The standard InChI is InChI=1S/C13H15NO2/c1-8-4-9(7-14)11-6-13(16-3)12(15-2)5-10(8)11/h5-6,8-9H,4H2,1-3H3. The Hall–Kier alpha value is -1.69. The van der Waals surface area contributed by atoms with Crippen LogP contribution >= 0.6 is 0 Å². The number of methoxy groups -OCH3 is 2. The molecule has 3 heteroatoms. The Morgan fingerprint density at radius 1 is 1.19 bits per heavy atom. The molecule has 1 aliphatic carbocycles. The van der Waals surface area contributed by atoms with Crippen molar-refractivity contribution < 1.29 is 9.47 Å². The molecule has 1 aromatic rings. The van der Waals surface area contributed by atoms with Gasteiger partial charge in [0, 0.05) is 0 Å². The van der Waals surface area contributed by atoms with Gasteiger partial charge < -0.3 is 9.47 Å². The van der Waals surface area contributed by atoms with Gasteiger partial charge in [-0.05, 0) is 35.6 Å². The summed E-state index contributed by atoms with van der Waals surface area (Å²) in [7, 11) is 3.25. The summed E-state index contributed by atoms with van der Waals surface area (Å²) in [6, 6.07) is 6.28. The molecule has 0 aliphatic heterocycles. The first kappa shape index (κ1) is 10.8. The molecule has 0 heterocycles. The number of fused-ring (bicyclic) bond motifs is 1. The van der Waals surface area contributed by atoms with Crippen LogP contribution in [0.25, 0.3) is 0 Å². The Bertz CT molecular complexity index is 448. The van der Waals surface area contributed by atoms with E-state index in [0.29, 0.717) is 11.7 Å². The lowest BCUT2D eigenvalue weighted by molar-refractivity contribution is 0.354. The minimum Gasteiger partial charge on any atom is -0.493 e. The number of ether oxygens (including phenoxy) is 2. The lowest BCUT2D eigenvalue weighted by atomic mass is 10.0. The molecule has 0 saturated heterocycles. The van der Waals surface area contributed by atoms with Crippen molar-refractivity contribution in [1.82, 2.24) is 0 Å². The first-order valence-electron chi connectivity index (χ1n) is 5.36. The maximum Gasteiger partial charge on any atom is 0.161 e. The Balaban J connectivity index is 2.55. The number of hydrogen-bond acceptors (Lipinski definition) is 3. The molecule has 0 aromatic heterocycles. The van der Waals surface area contributed by atoms with Crippen molar-refractivity contribution in [1.29, 1.82) is 5.26 Å².